The lowest BCUT2D eigenvalue weighted by Gasteiger charge is -1.91. The number of nitrogens with zero attached hydrogens (tertiary/aromatic N) is 1. The first-order valence-corrected chi connectivity index (χ1v) is 3.80. The summed E-state index contributed by atoms with van der Waals surface area (Å²) in [5, 5.41) is 0.972. The molecule has 0 aromatic rings. The lowest BCUT2D eigenvalue weighted by Crippen LogP contribution is -2.05. The van der Waals surface area contributed by atoms with E-state index >= 15 is 0 Å². The lowest BCUT2D eigenvalue weighted by atomic mass is 11.0. The molecule has 46 valence electrons. The molecular weight excluding hydrogens is 126 g/mol. The molecule has 0 aliphatic carbocycles. The Morgan fingerprint density at radius 3 is 2.12 bits per heavy atom. The normalized spacial score (nSPS) is 20.5. The molecule has 0 unspecified atom stereocenters. The molecule has 0 spiro atoms. The number of sulfonamides is 1. The van der Waals surface area contributed by atoms with E-state index in [1.165, 1.54) is 4.31 Å². The molecule has 3 nitrogen and oxygen atoms in total. The Balaban J connectivity index is 2.79. The van der Waals surface area contributed by atoms with E-state index in [-0.39, 0.29) is 0 Å². The predicted molar refractivity (Wildman–Crippen MR) is 30.7 cm³/mol. The van der Waals surface area contributed by atoms with Gasteiger partial charge in [0.1, 0.15) is 0 Å². The maximum atomic E-state index is 10.6. The Labute approximate surface area is 48.7 Å². The molecule has 0 radical (unpaired) electrons. The summed E-state index contributed by atoms with van der Waals surface area (Å²) in [6.45, 7) is 4.49. The smallest absolute Gasteiger partial charge is 0.208 e. The number of rotatable bonds is 2. The van der Waals surface area contributed by atoms with E-state index in [0.29, 0.717) is 13.1 Å². The molecule has 0 saturated carbocycles. The minimum atomic E-state index is -3.03. The Bertz CT molecular complexity index is 190. The second-order valence-electron chi connectivity index (χ2n) is 1.61. The van der Waals surface area contributed by atoms with Crippen molar-refractivity contribution in [2.24, 2.45) is 0 Å². The summed E-state index contributed by atoms with van der Waals surface area (Å²) in [5.74, 6) is 0. The van der Waals surface area contributed by atoms with Crippen molar-refractivity contribution in [1.29, 1.82) is 0 Å². The van der Waals surface area contributed by atoms with Gasteiger partial charge in [-0.1, -0.05) is 6.58 Å². The van der Waals surface area contributed by atoms with Crippen molar-refractivity contribution in [1.82, 2.24) is 4.31 Å². The van der Waals surface area contributed by atoms with Crippen molar-refractivity contribution < 1.29 is 8.42 Å². The highest BCUT2D eigenvalue weighted by molar-refractivity contribution is 7.92. The van der Waals surface area contributed by atoms with Gasteiger partial charge in [-0.25, -0.2) is 8.42 Å². The molecule has 1 fully saturated rings. The zero-order valence-corrected chi connectivity index (χ0v) is 5.19. The highest BCUT2D eigenvalue weighted by Crippen LogP contribution is 2.11. The second kappa shape index (κ2) is 1.56. The zero-order valence-electron chi connectivity index (χ0n) is 4.37. The van der Waals surface area contributed by atoms with Gasteiger partial charge in [0.2, 0.25) is 10.0 Å². The Hall–Kier alpha value is -0.350. The van der Waals surface area contributed by atoms with E-state index in [1.807, 2.05) is 0 Å². The SMILES string of the molecule is C=CS(=O)(=O)N1CC1. The number of hydrogen-bond donors (Lipinski definition) is 0. The molecule has 1 aliphatic rings. The van der Waals surface area contributed by atoms with Gasteiger partial charge < -0.3 is 0 Å². The quantitative estimate of drug-likeness (QED) is 0.488. The van der Waals surface area contributed by atoms with Crippen LogP contribution in [-0.4, -0.2) is 25.8 Å². The molecule has 1 saturated heterocycles. The van der Waals surface area contributed by atoms with E-state index in [4.69, 9.17) is 0 Å². The van der Waals surface area contributed by atoms with Gasteiger partial charge in [0.15, 0.2) is 0 Å². The van der Waals surface area contributed by atoms with Crippen LogP contribution in [0.5, 0.6) is 0 Å². The molecule has 1 rings (SSSR count). The molecular formula is C4H7NO2S. The van der Waals surface area contributed by atoms with Crippen molar-refractivity contribution in [2.45, 2.75) is 0 Å². The Morgan fingerprint density at radius 1 is 1.50 bits per heavy atom. The van der Waals surface area contributed by atoms with Gasteiger partial charge in [0.25, 0.3) is 0 Å². The molecule has 0 aromatic heterocycles. The maximum absolute atomic E-state index is 10.6. The third-order valence-electron chi connectivity index (χ3n) is 0.977. The fourth-order valence-electron chi connectivity index (χ4n) is 0.401. The molecule has 0 N–H and O–H groups in total. The second-order valence-corrected chi connectivity index (χ2v) is 3.49. The minimum Gasteiger partial charge on any atom is -0.208 e. The summed E-state index contributed by atoms with van der Waals surface area (Å²) in [5.41, 5.74) is 0. The van der Waals surface area contributed by atoms with Crippen LogP contribution in [0.3, 0.4) is 0 Å². The average molecular weight is 133 g/mol. The van der Waals surface area contributed by atoms with Crippen LogP contribution >= 0.6 is 0 Å². The van der Waals surface area contributed by atoms with Gasteiger partial charge >= 0.3 is 0 Å². The predicted octanol–water partition coefficient (Wildman–Crippen LogP) is -0.225. The highest BCUT2D eigenvalue weighted by Gasteiger charge is 2.28. The van der Waals surface area contributed by atoms with Crippen molar-refractivity contribution in [3.63, 3.8) is 0 Å². The summed E-state index contributed by atoms with van der Waals surface area (Å²) in [6.07, 6.45) is 0. The van der Waals surface area contributed by atoms with Crippen LogP contribution in [0.4, 0.5) is 0 Å². The fourth-order valence-corrected chi connectivity index (χ4v) is 1.20. The first-order chi connectivity index (χ1) is 3.67. The van der Waals surface area contributed by atoms with E-state index in [2.05, 4.69) is 6.58 Å². The molecule has 0 aromatic carbocycles. The summed E-state index contributed by atoms with van der Waals surface area (Å²) in [6, 6.07) is 0. The third-order valence-corrected chi connectivity index (χ3v) is 2.48. The molecule has 4 heteroatoms. The van der Waals surface area contributed by atoms with E-state index in [1.54, 1.807) is 0 Å². The monoisotopic (exact) mass is 133 g/mol. The lowest BCUT2D eigenvalue weighted by molar-refractivity contribution is 0.573. The molecule has 1 heterocycles. The largest absolute Gasteiger partial charge is 0.235 e. The summed E-state index contributed by atoms with van der Waals surface area (Å²) < 4.78 is 22.5. The van der Waals surface area contributed by atoms with Crippen molar-refractivity contribution in [2.75, 3.05) is 13.1 Å². The fraction of sp³-hybridized carbons (Fsp3) is 0.500. The zero-order chi connectivity index (χ0) is 6.20. The molecule has 1 aliphatic heterocycles. The molecule has 0 amide bonds. The first-order valence-electron chi connectivity index (χ1n) is 2.29. The molecule has 0 atom stereocenters. The van der Waals surface area contributed by atoms with Crippen LogP contribution in [0.15, 0.2) is 12.0 Å². The summed E-state index contributed by atoms with van der Waals surface area (Å²) in [4.78, 5) is 0. The van der Waals surface area contributed by atoms with E-state index in [9.17, 15) is 8.42 Å². The average Bonchev–Trinajstić information content (AvgIpc) is 2.44. The molecule has 8 heavy (non-hydrogen) atoms. The third kappa shape index (κ3) is 0.900. The van der Waals surface area contributed by atoms with Gasteiger partial charge in [-0.05, 0) is 0 Å². The topological polar surface area (TPSA) is 37.1 Å². The van der Waals surface area contributed by atoms with Crippen molar-refractivity contribution >= 4 is 10.0 Å². The van der Waals surface area contributed by atoms with Gasteiger partial charge in [-0.3, -0.25) is 0 Å². The van der Waals surface area contributed by atoms with E-state index in [0.717, 1.165) is 5.41 Å². The summed E-state index contributed by atoms with van der Waals surface area (Å²) in [7, 11) is -3.03. The van der Waals surface area contributed by atoms with Gasteiger partial charge in [-0.2, -0.15) is 4.31 Å². The van der Waals surface area contributed by atoms with Crippen LogP contribution in [0, 0.1) is 0 Å². The Kier molecular flexibility index (Phi) is 1.13. The summed E-state index contributed by atoms with van der Waals surface area (Å²) >= 11 is 0. The van der Waals surface area contributed by atoms with E-state index < -0.39 is 10.0 Å². The Morgan fingerprint density at radius 2 is 2.00 bits per heavy atom. The van der Waals surface area contributed by atoms with Crippen molar-refractivity contribution in [3.8, 4) is 0 Å². The standard InChI is InChI=1S/C4H7NO2S/c1-2-8(6,7)5-3-4-5/h2H,1,3-4H2. The van der Waals surface area contributed by atoms with Gasteiger partial charge in [0.05, 0.1) is 0 Å². The van der Waals surface area contributed by atoms with Crippen molar-refractivity contribution in [3.05, 3.63) is 12.0 Å². The van der Waals surface area contributed by atoms with Gasteiger partial charge in [-0.15, -0.1) is 0 Å². The van der Waals surface area contributed by atoms with Crippen LogP contribution in [0.25, 0.3) is 0 Å². The first kappa shape index (κ1) is 5.78. The molecule has 0 bridgehead atoms. The van der Waals surface area contributed by atoms with Gasteiger partial charge in [0, 0.05) is 18.5 Å². The minimum absolute atomic E-state index is 0.661. The highest BCUT2D eigenvalue weighted by atomic mass is 32.2. The number of hydrogen-bond acceptors (Lipinski definition) is 2. The van der Waals surface area contributed by atoms with Crippen LogP contribution in [0.2, 0.25) is 0 Å². The van der Waals surface area contributed by atoms with Crippen LogP contribution in [0.1, 0.15) is 0 Å². The van der Waals surface area contributed by atoms with Crippen LogP contribution in [-0.2, 0) is 10.0 Å². The van der Waals surface area contributed by atoms with Crippen LogP contribution < -0.4 is 0 Å². The maximum Gasteiger partial charge on any atom is 0.235 e.